The zero-order valence-corrected chi connectivity index (χ0v) is 9.32. The van der Waals surface area contributed by atoms with Crippen molar-refractivity contribution in [1.29, 1.82) is 0 Å². The van der Waals surface area contributed by atoms with Crippen LogP contribution in [-0.2, 0) is 13.5 Å². The van der Waals surface area contributed by atoms with E-state index in [2.05, 4.69) is 15.4 Å². The second kappa shape index (κ2) is 4.26. The van der Waals surface area contributed by atoms with Crippen molar-refractivity contribution in [3.05, 3.63) is 5.82 Å². The molecule has 0 atom stereocenters. The minimum Gasteiger partial charge on any atom is -0.330 e. The molecule has 1 aliphatic rings. The molecule has 0 radical (unpaired) electrons. The summed E-state index contributed by atoms with van der Waals surface area (Å²) in [6, 6.07) is 0. The van der Waals surface area contributed by atoms with Crippen molar-refractivity contribution in [3.63, 3.8) is 0 Å². The van der Waals surface area contributed by atoms with Crippen molar-refractivity contribution < 1.29 is 0 Å². The van der Waals surface area contributed by atoms with Gasteiger partial charge in [0.1, 0.15) is 0 Å². The molecule has 5 nitrogen and oxygen atoms in total. The fourth-order valence-corrected chi connectivity index (χ4v) is 2.48. The lowest BCUT2D eigenvalue weighted by molar-refractivity contribution is 0.193. The molecule has 5 heteroatoms. The first-order valence-corrected chi connectivity index (χ1v) is 5.67. The summed E-state index contributed by atoms with van der Waals surface area (Å²) < 4.78 is 0. The highest BCUT2D eigenvalue weighted by Crippen LogP contribution is 2.37. The summed E-state index contributed by atoms with van der Waals surface area (Å²) in [6.45, 7) is 0.741. The zero-order chi connectivity index (χ0) is 10.7. The van der Waals surface area contributed by atoms with Crippen molar-refractivity contribution in [2.24, 2.45) is 18.2 Å². The average molecular weight is 209 g/mol. The summed E-state index contributed by atoms with van der Waals surface area (Å²) in [4.78, 5) is 1.52. The molecule has 1 fully saturated rings. The maximum atomic E-state index is 5.91. The van der Waals surface area contributed by atoms with E-state index in [1.54, 1.807) is 7.05 Å². The van der Waals surface area contributed by atoms with Crippen LogP contribution >= 0.6 is 0 Å². The number of nitrogens with two attached hydrogens (primary N) is 1. The van der Waals surface area contributed by atoms with Crippen LogP contribution in [0.2, 0.25) is 0 Å². The lowest BCUT2D eigenvalue weighted by atomic mass is 9.72. The van der Waals surface area contributed by atoms with Crippen LogP contribution in [0.25, 0.3) is 0 Å². The second-order valence-electron chi connectivity index (χ2n) is 4.64. The smallest absolute Gasteiger partial charge is 0.175 e. The van der Waals surface area contributed by atoms with Crippen LogP contribution in [0, 0.1) is 5.41 Å². The molecule has 0 bridgehead atoms. The fourth-order valence-electron chi connectivity index (χ4n) is 2.48. The number of aromatic nitrogens is 4. The van der Waals surface area contributed by atoms with Gasteiger partial charge in [-0.25, -0.2) is 0 Å². The van der Waals surface area contributed by atoms with E-state index in [0.29, 0.717) is 0 Å². The number of hydrogen-bond acceptors (Lipinski definition) is 4. The average Bonchev–Trinajstić information content (AvgIpc) is 2.65. The highest BCUT2D eigenvalue weighted by molar-refractivity contribution is 4.93. The minimum absolute atomic E-state index is 0.237. The van der Waals surface area contributed by atoms with Crippen molar-refractivity contribution in [1.82, 2.24) is 20.2 Å². The normalized spacial score (nSPS) is 20.4. The fraction of sp³-hybridized carbons (Fsp3) is 0.900. The Kier molecular flexibility index (Phi) is 3.00. The van der Waals surface area contributed by atoms with Crippen molar-refractivity contribution >= 4 is 0 Å². The summed E-state index contributed by atoms with van der Waals surface area (Å²) in [5, 5.41) is 12.1. The molecule has 0 spiro atoms. The van der Waals surface area contributed by atoms with Crippen LogP contribution in [0.1, 0.15) is 37.9 Å². The first-order chi connectivity index (χ1) is 7.24. The molecule has 1 aromatic heterocycles. The number of nitrogens with zero attached hydrogens (tertiary/aromatic N) is 4. The third-order valence-electron chi connectivity index (χ3n) is 3.43. The van der Waals surface area contributed by atoms with Gasteiger partial charge in [0.05, 0.1) is 7.05 Å². The van der Waals surface area contributed by atoms with Gasteiger partial charge in [0.15, 0.2) is 5.82 Å². The van der Waals surface area contributed by atoms with E-state index in [4.69, 9.17) is 5.73 Å². The Morgan fingerprint density at radius 1 is 1.33 bits per heavy atom. The summed E-state index contributed by atoms with van der Waals surface area (Å²) in [6.07, 6.45) is 7.23. The maximum absolute atomic E-state index is 5.91. The highest BCUT2D eigenvalue weighted by Gasteiger charge is 2.32. The lowest BCUT2D eigenvalue weighted by Crippen LogP contribution is -2.35. The standard InChI is InChI=1S/C10H19N5/c1-15-13-9(12-14-15)7-10(8-11)5-3-2-4-6-10/h2-8,11H2,1H3. The van der Waals surface area contributed by atoms with Crippen LogP contribution in [-0.4, -0.2) is 26.8 Å². The molecule has 2 rings (SSSR count). The number of hydrogen-bond donors (Lipinski definition) is 1. The quantitative estimate of drug-likeness (QED) is 0.794. The molecular formula is C10H19N5. The predicted octanol–water partition coefficient (Wildman–Crippen LogP) is 0.662. The van der Waals surface area contributed by atoms with Gasteiger partial charge in [-0.15, -0.1) is 10.2 Å². The molecule has 84 valence electrons. The van der Waals surface area contributed by atoms with Gasteiger partial charge < -0.3 is 5.73 Å². The summed E-state index contributed by atoms with van der Waals surface area (Å²) >= 11 is 0. The Morgan fingerprint density at radius 2 is 2.07 bits per heavy atom. The molecule has 1 aromatic rings. The Morgan fingerprint density at radius 3 is 2.60 bits per heavy atom. The molecule has 15 heavy (non-hydrogen) atoms. The van der Waals surface area contributed by atoms with Gasteiger partial charge in [-0.05, 0) is 30.0 Å². The van der Waals surface area contributed by atoms with Gasteiger partial charge in [-0.2, -0.15) is 4.80 Å². The SMILES string of the molecule is Cn1nnc(CC2(CN)CCCCC2)n1. The second-order valence-corrected chi connectivity index (χ2v) is 4.64. The van der Waals surface area contributed by atoms with Crippen LogP contribution < -0.4 is 5.73 Å². The van der Waals surface area contributed by atoms with Gasteiger partial charge in [0, 0.05) is 6.42 Å². The molecule has 0 saturated heterocycles. The predicted molar refractivity (Wildman–Crippen MR) is 57.1 cm³/mol. The highest BCUT2D eigenvalue weighted by atomic mass is 15.6. The molecule has 1 heterocycles. The van der Waals surface area contributed by atoms with Gasteiger partial charge >= 0.3 is 0 Å². The molecule has 1 saturated carbocycles. The largest absolute Gasteiger partial charge is 0.330 e. The summed E-state index contributed by atoms with van der Waals surface area (Å²) in [5.74, 6) is 0.838. The first kappa shape index (κ1) is 10.5. The zero-order valence-electron chi connectivity index (χ0n) is 9.32. The van der Waals surface area contributed by atoms with E-state index < -0.39 is 0 Å². The van der Waals surface area contributed by atoms with Crippen LogP contribution in [0.15, 0.2) is 0 Å². The Labute approximate surface area is 90.0 Å². The third-order valence-corrected chi connectivity index (χ3v) is 3.43. The monoisotopic (exact) mass is 209 g/mol. The van der Waals surface area contributed by atoms with Crippen molar-refractivity contribution in [2.45, 2.75) is 38.5 Å². The van der Waals surface area contributed by atoms with E-state index >= 15 is 0 Å². The van der Waals surface area contributed by atoms with Gasteiger partial charge in [0.25, 0.3) is 0 Å². The minimum atomic E-state index is 0.237. The molecule has 0 unspecified atom stereocenters. The van der Waals surface area contributed by atoms with Gasteiger partial charge in [-0.1, -0.05) is 19.3 Å². The van der Waals surface area contributed by atoms with E-state index in [9.17, 15) is 0 Å². The van der Waals surface area contributed by atoms with Crippen LogP contribution in [0.3, 0.4) is 0 Å². The molecular weight excluding hydrogens is 190 g/mol. The topological polar surface area (TPSA) is 69.6 Å². The number of aryl methyl sites for hydroxylation is 1. The van der Waals surface area contributed by atoms with Gasteiger partial charge in [0.2, 0.25) is 0 Å². The maximum Gasteiger partial charge on any atom is 0.175 e. The third kappa shape index (κ3) is 2.34. The van der Waals surface area contributed by atoms with Crippen molar-refractivity contribution in [3.8, 4) is 0 Å². The van der Waals surface area contributed by atoms with Crippen LogP contribution in [0.5, 0.6) is 0 Å². The summed E-state index contributed by atoms with van der Waals surface area (Å²) in [5.41, 5.74) is 6.15. The summed E-state index contributed by atoms with van der Waals surface area (Å²) in [7, 11) is 1.80. The molecule has 1 aliphatic carbocycles. The molecule has 0 aromatic carbocycles. The number of tetrazole rings is 1. The molecule has 2 N–H and O–H groups in total. The van der Waals surface area contributed by atoms with E-state index in [1.165, 1.54) is 36.9 Å². The molecule has 0 amide bonds. The van der Waals surface area contributed by atoms with Crippen molar-refractivity contribution in [2.75, 3.05) is 6.54 Å². The number of rotatable bonds is 3. The molecule has 0 aliphatic heterocycles. The van der Waals surface area contributed by atoms with E-state index in [0.717, 1.165) is 18.8 Å². The Balaban J connectivity index is 2.06. The Bertz CT molecular complexity index is 313. The van der Waals surface area contributed by atoms with Crippen LogP contribution in [0.4, 0.5) is 0 Å². The first-order valence-electron chi connectivity index (χ1n) is 5.67. The Hall–Kier alpha value is -0.970. The van der Waals surface area contributed by atoms with Gasteiger partial charge in [-0.3, -0.25) is 0 Å². The van der Waals surface area contributed by atoms with E-state index in [-0.39, 0.29) is 5.41 Å². The lowest BCUT2D eigenvalue weighted by Gasteiger charge is -2.35. The van der Waals surface area contributed by atoms with E-state index in [1.807, 2.05) is 0 Å².